The standard InChI is InChI=1S/C21H18N4O2/c1-14-6-4-7-15(12-14)23-19-17-9-2-3-10-18(17)24-20(25-19)21(26)22-13-16-8-5-11-27-16/h2-12H,13H2,1H3,(H,22,26)(H,23,24,25). The normalized spacial score (nSPS) is 10.7. The van der Waals surface area contributed by atoms with Crippen LogP contribution in [0.4, 0.5) is 11.5 Å². The molecule has 0 aliphatic carbocycles. The first-order valence-corrected chi connectivity index (χ1v) is 8.60. The van der Waals surface area contributed by atoms with E-state index < -0.39 is 0 Å². The topological polar surface area (TPSA) is 80.0 Å². The molecule has 0 aliphatic heterocycles. The molecular weight excluding hydrogens is 340 g/mol. The van der Waals surface area contributed by atoms with Gasteiger partial charge in [-0.25, -0.2) is 9.97 Å². The molecule has 4 aromatic rings. The predicted octanol–water partition coefficient (Wildman–Crippen LogP) is 4.20. The molecule has 0 aliphatic rings. The largest absolute Gasteiger partial charge is 0.467 e. The van der Waals surface area contributed by atoms with E-state index in [2.05, 4.69) is 20.6 Å². The minimum Gasteiger partial charge on any atom is -0.467 e. The van der Waals surface area contributed by atoms with E-state index in [-0.39, 0.29) is 18.3 Å². The molecule has 134 valence electrons. The Morgan fingerprint density at radius 3 is 2.74 bits per heavy atom. The molecule has 27 heavy (non-hydrogen) atoms. The first kappa shape index (κ1) is 16.8. The number of para-hydroxylation sites is 1. The molecule has 0 unspecified atom stereocenters. The molecule has 1 amide bonds. The summed E-state index contributed by atoms with van der Waals surface area (Å²) in [6.45, 7) is 2.30. The molecule has 4 rings (SSSR count). The van der Waals surface area contributed by atoms with Crippen molar-refractivity contribution < 1.29 is 9.21 Å². The van der Waals surface area contributed by atoms with Crippen LogP contribution in [0.5, 0.6) is 0 Å². The summed E-state index contributed by atoms with van der Waals surface area (Å²) in [5.74, 6) is 1.01. The van der Waals surface area contributed by atoms with Gasteiger partial charge in [0.2, 0.25) is 5.82 Å². The van der Waals surface area contributed by atoms with Crippen molar-refractivity contribution in [2.75, 3.05) is 5.32 Å². The molecule has 0 fully saturated rings. The maximum atomic E-state index is 12.5. The second-order valence-corrected chi connectivity index (χ2v) is 6.17. The van der Waals surface area contributed by atoms with Gasteiger partial charge in [0.05, 0.1) is 18.3 Å². The van der Waals surface area contributed by atoms with Gasteiger partial charge in [0.15, 0.2) is 0 Å². The maximum Gasteiger partial charge on any atom is 0.289 e. The van der Waals surface area contributed by atoms with Gasteiger partial charge >= 0.3 is 0 Å². The molecule has 2 N–H and O–H groups in total. The Hall–Kier alpha value is -3.67. The van der Waals surface area contributed by atoms with Crippen LogP contribution in [0.2, 0.25) is 0 Å². The second-order valence-electron chi connectivity index (χ2n) is 6.17. The van der Waals surface area contributed by atoms with E-state index in [0.717, 1.165) is 16.6 Å². The zero-order valence-corrected chi connectivity index (χ0v) is 14.8. The van der Waals surface area contributed by atoms with Crippen molar-refractivity contribution in [1.29, 1.82) is 0 Å². The minimum atomic E-state index is -0.357. The molecule has 2 aromatic heterocycles. The number of furan rings is 1. The van der Waals surface area contributed by atoms with E-state index in [1.807, 2.05) is 55.5 Å². The highest BCUT2D eigenvalue weighted by molar-refractivity contribution is 5.97. The Kier molecular flexibility index (Phi) is 4.53. The van der Waals surface area contributed by atoms with Crippen LogP contribution in [-0.4, -0.2) is 15.9 Å². The molecule has 0 atom stereocenters. The van der Waals surface area contributed by atoms with Gasteiger partial charge in [0, 0.05) is 11.1 Å². The number of rotatable bonds is 5. The molecule has 0 saturated carbocycles. The molecule has 6 nitrogen and oxygen atoms in total. The zero-order valence-electron chi connectivity index (χ0n) is 14.8. The van der Waals surface area contributed by atoms with Crippen LogP contribution in [0.15, 0.2) is 71.3 Å². The van der Waals surface area contributed by atoms with Gasteiger partial charge in [0.1, 0.15) is 11.6 Å². The number of fused-ring (bicyclic) bond motifs is 1. The Labute approximate surface area is 156 Å². The molecule has 2 aromatic carbocycles. The highest BCUT2D eigenvalue weighted by Crippen LogP contribution is 2.24. The third-order valence-electron chi connectivity index (χ3n) is 4.09. The smallest absolute Gasteiger partial charge is 0.289 e. The molecule has 0 saturated heterocycles. The highest BCUT2D eigenvalue weighted by atomic mass is 16.3. The van der Waals surface area contributed by atoms with Gasteiger partial charge in [-0.3, -0.25) is 4.79 Å². The Balaban J connectivity index is 1.66. The fourth-order valence-corrected chi connectivity index (χ4v) is 2.79. The Bertz CT molecular complexity index is 1090. The number of hydrogen-bond donors (Lipinski definition) is 2. The van der Waals surface area contributed by atoms with E-state index in [1.165, 1.54) is 0 Å². The number of anilines is 2. The van der Waals surface area contributed by atoms with Crippen molar-refractivity contribution in [2.24, 2.45) is 0 Å². The van der Waals surface area contributed by atoms with Crippen molar-refractivity contribution in [3.8, 4) is 0 Å². The third-order valence-corrected chi connectivity index (χ3v) is 4.09. The van der Waals surface area contributed by atoms with Crippen LogP contribution in [0.1, 0.15) is 21.9 Å². The summed E-state index contributed by atoms with van der Waals surface area (Å²) in [5, 5.41) is 6.93. The van der Waals surface area contributed by atoms with Gasteiger partial charge < -0.3 is 15.1 Å². The molecule has 6 heteroatoms. The van der Waals surface area contributed by atoms with Gasteiger partial charge in [-0.15, -0.1) is 0 Å². The molecule has 0 bridgehead atoms. The zero-order chi connectivity index (χ0) is 18.6. The van der Waals surface area contributed by atoms with Crippen LogP contribution in [-0.2, 0) is 6.54 Å². The summed E-state index contributed by atoms with van der Waals surface area (Å²) in [6.07, 6.45) is 1.57. The number of amides is 1. The lowest BCUT2D eigenvalue weighted by molar-refractivity contribution is 0.0938. The number of hydrogen-bond acceptors (Lipinski definition) is 5. The lowest BCUT2D eigenvalue weighted by Gasteiger charge is -2.11. The van der Waals surface area contributed by atoms with Gasteiger partial charge in [0.25, 0.3) is 5.91 Å². The van der Waals surface area contributed by atoms with Gasteiger partial charge in [-0.05, 0) is 48.9 Å². The SMILES string of the molecule is Cc1cccc(Nc2nc(C(=O)NCc3ccco3)nc3ccccc23)c1. The fraction of sp³-hybridized carbons (Fsp3) is 0.0952. The van der Waals surface area contributed by atoms with Crippen LogP contribution < -0.4 is 10.6 Å². The first-order valence-electron chi connectivity index (χ1n) is 8.60. The number of benzene rings is 2. The van der Waals surface area contributed by atoms with E-state index in [0.29, 0.717) is 17.1 Å². The lowest BCUT2D eigenvalue weighted by Crippen LogP contribution is -2.25. The van der Waals surface area contributed by atoms with Crippen molar-refractivity contribution in [1.82, 2.24) is 15.3 Å². The van der Waals surface area contributed by atoms with E-state index >= 15 is 0 Å². The predicted molar refractivity (Wildman–Crippen MR) is 104 cm³/mol. The molecule has 2 heterocycles. The van der Waals surface area contributed by atoms with E-state index in [9.17, 15) is 4.79 Å². The monoisotopic (exact) mass is 358 g/mol. The number of nitrogens with zero attached hydrogens (tertiary/aromatic N) is 2. The van der Waals surface area contributed by atoms with Crippen molar-refractivity contribution in [3.05, 3.63) is 84.1 Å². The van der Waals surface area contributed by atoms with E-state index in [4.69, 9.17) is 4.42 Å². The average Bonchev–Trinajstić information content (AvgIpc) is 3.20. The van der Waals surface area contributed by atoms with Gasteiger partial charge in [-0.1, -0.05) is 24.3 Å². The Morgan fingerprint density at radius 2 is 1.93 bits per heavy atom. The summed E-state index contributed by atoms with van der Waals surface area (Å²) < 4.78 is 5.24. The quantitative estimate of drug-likeness (QED) is 0.559. The van der Waals surface area contributed by atoms with Crippen LogP contribution >= 0.6 is 0 Å². The molecule has 0 spiro atoms. The van der Waals surface area contributed by atoms with E-state index in [1.54, 1.807) is 18.4 Å². The molecule has 0 radical (unpaired) electrons. The summed E-state index contributed by atoms with van der Waals surface area (Å²) in [4.78, 5) is 21.4. The van der Waals surface area contributed by atoms with Gasteiger partial charge in [-0.2, -0.15) is 0 Å². The number of aromatic nitrogens is 2. The number of carbonyl (C=O) groups excluding carboxylic acids is 1. The number of carbonyl (C=O) groups is 1. The van der Waals surface area contributed by atoms with Crippen molar-refractivity contribution >= 4 is 28.3 Å². The van der Waals surface area contributed by atoms with Crippen molar-refractivity contribution in [3.63, 3.8) is 0 Å². The molecular formula is C21H18N4O2. The van der Waals surface area contributed by atoms with Crippen LogP contribution in [0.3, 0.4) is 0 Å². The fourth-order valence-electron chi connectivity index (χ4n) is 2.79. The number of nitrogens with one attached hydrogen (secondary N) is 2. The second kappa shape index (κ2) is 7.29. The third kappa shape index (κ3) is 3.79. The summed E-state index contributed by atoms with van der Waals surface area (Å²) in [7, 11) is 0. The highest BCUT2D eigenvalue weighted by Gasteiger charge is 2.14. The maximum absolute atomic E-state index is 12.5. The summed E-state index contributed by atoms with van der Waals surface area (Å²) >= 11 is 0. The van der Waals surface area contributed by atoms with Crippen molar-refractivity contribution in [2.45, 2.75) is 13.5 Å². The minimum absolute atomic E-state index is 0.107. The summed E-state index contributed by atoms with van der Waals surface area (Å²) in [5.41, 5.74) is 2.74. The summed E-state index contributed by atoms with van der Waals surface area (Å²) in [6, 6.07) is 19.1. The lowest BCUT2D eigenvalue weighted by atomic mass is 10.2. The van der Waals surface area contributed by atoms with Crippen LogP contribution in [0, 0.1) is 6.92 Å². The van der Waals surface area contributed by atoms with Crippen LogP contribution in [0.25, 0.3) is 10.9 Å². The average molecular weight is 358 g/mol. The number of aryl methyl sites for hydroxylation is 1. The Morgan fingerprint density at radius 1 is 1.04 bits per heavy atom. The first-order chi connectivity index (χ1) is 13.2.